The normalized spacial score (nSPS) is 11.7. The molecule has 0 aromatic rings. The summed E-state index contributed by atoms with van der Waals surface area (Å²) < 4.78 is 94.3. The van der Waals surface area contributed by atoms with E-state index in [1.54, 1.807) is 26.2 Å². The number of phosphoric ester groups is 2. The summed E-state index contributed by atoms with van der Waals surface area (Å²) in [5.41, 5.74) is 0. The Morgan fingerprint density at radius 2 is 0.686 bits per heavy atom. The fourth-order valence-electron chi connectivity index (χ4n) is 2.28. The molecule has 0 saturated heterocycles. The summed E-state index contributed by atoms with van der Waals surface area (Å²) in [6.45, 7) is 9.87. The first-order valence-corrected chi connectivity index (χ1v) is 29.4. The number of methoxy groups -OCH3 is 4. The molecule has 51 heavy (non-hydrogen) atoms. The van der Waals surface area contributed by atoms with Crippen LogP contribution in [-0.2, 0) is 63.3 Å². The van der Waals surface area contributed by atoms with Gasteiger partial charge in [-0.2, -0.15) is 0 Å². The molecular weight excluding hydrogens is 850 g/mol. The van der Waals surface area contributed by atoms with Gasteiger partial charge in [-0.15, -0.1) is 0 Å². The number of halogens is 3. The summed E-state index contributed by atoms with van der Waals surface area (Å²) in [5, 5.41) is 12.0. The Morgan fingerprint density at radius 3 is 0.824 bits per heavy atom. The van der Waals surface area contributed by atoms with Crippen molar-refractivity contribution in [3.8, 4) is 0 Å². The van der Waals surface area contributed by atoms with Crippen molar-refractivity contribution in [2.45, 2.75) is 54.1 Å². The molecule has 0 atom stereocenters. The van der Waals surface area contributed by atoms with E-state index in [4.69, 9.17) is 69.4 Å². The standard InChI is InChI=1S/C16H40O13P2Si2.C2H8O2Si.C2H6O2.2CH4.Cl3OP.2Li/c1-19-9-13-23-30(17,24-14-10-20-2)27-32(5,6)29-33(7,8)28-31(18,25-15-11-21-3)26-16-12-22-4;1-5(2,3)4;3-1-2-4;;;1-5(2,3)4;;/h9-16H2,1-8H3;3-4H,1-2H3;3-4H,1-2H2;2*1H4;;;/q;;;;;;2*+1. The molecule has 0 aliphatic heterocycles. The van der Waals surface area contributed by atoms with Gasteiger partial charge < -0.3 is 51.3 Å². The molecule has 0 unspecified atom stereocenters. The summed E-state index contributed by atoms with van der Waals surface area (Å²) in [5.74, 6) is 0. The van der Waals surface area contributed by atoms with Crippen LogP contribution in [0.25, 0.3) is 0 Å². The van der Waals surface area contributed by atoms with Crippen molar-refractivity contribution in [2.24, 2.45) is 0 Å². The number of rotatable bonds is 23. The molecule has 0 fully saturated rings. The van der Waals surface area contributed by atoms with Crippen LogP contribution >= 0.6 is 54.6 Å². The summed E-state index contributed by atoms with van der Waals surface area (Å²) in [7, 11) is -11.1. The minimum atomic E-state index is -4.00. The Balaban J connectivity index is -0.000000144. The zero-order valence-corrected chi connectivity index (χ0v) is 38.5. The number of hydrogen-bond donors (Lipinski definition) is 4. The van der Waals surface area contributed by atoms with Crippen molar-refractivity contribution in [1.29, 1.82) is 0 Å². The molecule has 0 aromatic heterocycles. The van der Waals surface area contributed by atoms with E-state index in [0.29, 0.717) is 0 Å². The molecule has 0 spiro atoms. The van der Waals surface area contributed by atoms with Crippen molar-refractivity contribution in [1.82, 2.24) is 0 Å². The van der Waals surface area contributed by atoms with Crippen LogP contribution in [0.15, 0.2) is 0 Å². The molecule has 18 nitrogen and oxygen atoms in total. The maximum absolute atomic E-state index is 13.1. The molecule has 0 heterocycles. The molecule has 4 N–H and O–H groups in total. The number of phosphoric acid groups is 2. The van der Waals surface area contributed by atoms with Crippen LogP contribution in [0, 0.1) is 0 Å². The van der Waals surface area contributed by atoms with E-state index in [-0.39, 0.29) is 119 Å². The van der Waals surface area contributed by atoms with Crippen LogP contribution in [-0.4, -0.2) is 140 Å². The quantitative estimate of drug-likeness (QED) is 0.0602. The van der Waals surface area contributed by atoms with Crippen LogP contribution in [0.4, 0.5) is 0 Å². The van der Waals surface area contributed by atoms with Gasteiger partial charge in [-0.1, -0.05) is 14.9 Å². The van der Waals surface area contributed by atoms with E-state index in [0.717, 1.165) is 0 Å². The molecule has 306 valence electrons. The topological polar surface area (TPSA) is 234 Å². The van der Waals surface area contributed by atoms with Crippen molar-refractivity contribution < 1.29 is 121 Å². The van der Waals surface area contributed by atoms with E-state index < -0.39 is 46.5 Å². The second-order valence-electron chi connectivity index (χ2n) is 9.62. The zero-order valence-electron chi connectivity index (χ0n) is 30.6. The van der Waals surface area contributed by atoms with Crippen LogP contribution in [0.3, 0.4) is 0 Å². The Labute approximate surface area is 347 Å². The molecule has 0 amide bonds. The number of aliphatic hydroxyl groups excluding tert-OH is 2. The van der Waals surface area contributed by atoms with E-state index in [1.165, 1.54) is 41.5 Å². The average Bonchev–Trinajstić information content (AvgIpc) is 2.86. The maximum Gasteiger partial charge on any atom is 1.00 e. The predicted molar refractivity (Wildman–Crippen MR) is 199 cm³/mol. The van der Waals surface area contributed by atoms with Gasteiger partial charge in [0.05, 0.1) is 66.1 Å². The van der Waals surface area contributed by atoms with Crippen LogP contribution in [0.2, 0.25) is 39.3 Å². The Morgan fingerprint density at radius 1 is 0.510 bits per heavy atom. The summed E-state index contributed by atoms with van der Waals surface area (Å²) in [6.07, 6.45) is 0. The molecule has 0 aliphatic rings. The van der Waals surface area contributed by atoms with Gasteiger partial charge in [0.25, 0.3) is 0 Å². The van der Waals surface area contributed by atoms with Crippen LogP contribution in [0.1, 0.15) is 14.9 Å². The Kier molecular flexibility index (Phi) is 55.6. The Bertz CT molecular complexity index is 807. The summed E-state index contributed by atoms with van der Waals surface area (Å²) in [6, 6.07) is 0. The summed E-state index contributed by atoms with van der Waals surface area (Å²) >= 11 is 13.8. The van der Waals surface area contributed by atoms with Crippen molar-refractivity contribution in [3.05, 3.63) is 0 Å². The first-order chi connectivity index (χ1) is 21.3. The zero-order chi connectivity index (χ0) is 37.8. The molecule has 0 aliphatic carbocycles. The molecule has 29 heteroatoms. The molecule has 0 rings (SSSR count). The third kappa shape index (κ3) is 65.0. The maximum atomic E-state index is 13.1. The largest absolute Gasteiger partial charge is 1.00 e. The minimum absolute atomic E-state index is 0. The van der Waals surface area contributed by atoms with E-state index >= 15 is 0 Å². The van der Waals surface area contributed by atoms with E-state index in [9.17, 15) is 13.7 Å². The second-order valence-corrected chi connectivity index (χ2v) is 29.9. The second kappa shape index (κ2) is 39.6. The van der Waals surface area contributed by atoms with Gasteiger partial charge in [0.1, 0.15) is 0 Å². The molecule has 0 saturated carbocycles. The number of ether oxygens (including phenoxy) is 4. The molecule has 0 radical (unpaired) electrons. The van der Waals surface area contributed by atoms with E-state index in [1.807, 2.05) is 0 Å². The van der Waals surface area contributed by atoms with Crippen LogP contribution < -0.4 is 37.7 Å². The van der Waals surface area contributed by atoms with Gasteiger partial charge in [0.2, 0.25) is 0 Å². The first kappa shape index (κ1) is 71.5. The molecule has 0 aromatic carbocycles. The third-order valence-corrected chi connectivity index (χ3v) is 14.6. The monoisotopic (exact) mass is 910 g/mol. The fraction of sp³-hybridized carbons (Fsp3) is 1.00. The third-order valence-electron chi connectivity index (χ3n) is 3.40. The van der Waals surface area contributed by atoms with Crippen molar-refractivity contribution in [3.63, 3.8) is 0 Å². The molecular formula is C22H62Cl3Li2O18P3Si3+2. The number of aliphatic hydroxyl groups is 2. The average molecular weight is 912 g/mol. The van der Waals surface area contributed by atoms with Crippen LogP contribution in [0.5, 0.6) is 0 Å². The SMILES string of the molecule is C.C.COCCOP(=O)(OCCOC)O[Si](C)(C)O[Si](C)(C)OP(=O)(OCCOC)OCCOC.C[Si](C)(O)O.O=P(Cl)(Cl)Cl.OCCO.[Li+].[Li+]. The van der Waals surface area contributed by atoms with Gasteiger partial charge >= 0.3 is 84.2 Å². The van der Waals surface area contributed by atoms with Gasteiger partial charge in [0, 0.05) is 28.4 Å². The number of hydrogen-bond acceptors (Lipinski definition) is 18. The molecule has 0 bridgehead atoms. The van der Waals surface area contributed by atoms with Gasteiger partial charge in [-0.25, -0.2) is 9.13 Å². The van der Waals surface area contributed by atoms with Crippen molar-refractivity contribution >= 4 is 80.3 Å². The van der Waals surface area contributed by atoms with Gasteiger partial charge in [0.15, 0.2) is 0 Å². The fourth-order valence-corrected chi connectivity index (χ4v) is 14.5. The first-order valence-electron chi connectivity index (χ1n) is 13.5. The van der Waals surface area contributed by atoms with E-state index in [2.05, 4.69) is 33.7 Å². The summed E-state index contributed by atoms with van der Waals surface area (Å²) in [4.78, 5) is 16.4. The smallest absolute Gasteiger partial charge is 0.414 e. The van der Waals surface area contributed by atoms with Gasteiger partial charge in [-0.05, 0) is 73.0 Å². The Hall–Kier alpha value is 2.81. The van der Waals surface area contributed by atoms with Crippen molar-refractivity contribution in [2.75, 3.05) is 94.5 Å². The van der Waals surface area contributed by atoms with Gasteiger partial charge in [-0.3, -0.25) is 22.7 Å². The predicted octanol–water partition coefficient (Wildman–Crippen LogP) is 0.0429. The minimum Gasteiger partial charge on any atom is -0.414 e.